The van der Waals surface area contributed by atoms with Gasteiger partial charge < -0.3 is 10.6 Å². The maximum atomic E-state index is 12.4. The fourth-order valence-corrected chi connectivity index (χ4v) is 5.18. The van der Waals surface area contributed by atoms with E-state index in [1.165, 1.54) is 32.1 Å². The highest BCUT2D eigenvalue weighted by molar-refractivity contribution is 5.86. The van der Waals surface area contributed by atoms with Gasteiger partial charge in [0.25, 0.3) is 0 Å². The number of rotatable bonds is 2. The SMILES string of the molecule is O=C1CNC(C(=O)NC2C3CC4CC(C3)CC2C4)CN1. The molecule has 4 aliphatic carbocycles. The molecule has 0 aromatic carbocycles. The van der Waals surface area contributed by atoms with Crippen LogP contribution < -0.4 is 16.0 Å². The van der Waals surface area contributed by atoms with E-state index < -0.39 is 0 Å². The summed E-state index contributed by atoms with van der Waals surface area (Å²) in [7, 11) is 0. The van der Waals surface area contributed by atoms with Crippen molar-refractivity contribution in [1.29, 1.82) is 0 Å². The number of hydrogen-bond acceptors (Lipinski definition) is 3. The van der Waals surface area contributed by atoms with Gasteiger partial charge in [0.1, 0.15) is 6.04 Å². The zero-order valence-corrected chi connectivity index (χ0v) is 11.7. The molecule has 4 saturated carbocycles. The maximum Gasteiger partial charge on any atom is 0.239 e. The molecule has 0 radical (unpaired) electrons. The van der Waals surface area contributed by atoms with Crippen LogP contribution in [-0.2, 0) is 9.59 Å². The van der Waals surface area contributed by atoms with E-state index in [1.807, 2.05) is 0 Å². The molecule has 5 rings (SSSR count). The zero-order valence-electron chi connectivity index (χ0n) is 11.7. The molecule has 1 saturated heterocycles. The van der Waals surface area contributed by atoms with Crippen molar-refractivity contribution in [3.05, 3.63) is 0 Å². The topological polar surface area (TPSA) is 70.2 Å². The third-order valence-corrected chi connectivity index (χ3v) is 5.86. The lowest BCUT2D eigenvalue weighted by Crippen LogP contribution is -2.62. The van der Waals surface area contributed by atoms with Gasteiger partial charge in [-0.05, 0) is 55.8 Å². The van der Waals surface area contributed by atoms with Gasteiger partial charge in [0.15, 0.2) is 0 Å². The largest absolute Gasteiger partial charge is 0.353 e. The third-order valence-electron chi connectivity index (χ3n) is 5.86. The fraction of sp³-hybridized carbons (Fsp3) is 0.867. The quantitative estimate of drug-likeness (QED) is 0.666. The second-order valence-corrected chi connectivity index (χ2v) is 7.20. The average molecular weight is 277 g/mol. The molecule has 3 N–H and O–H groups in total. The van der Waals surface area contributed by atoms with Crippen molar-refractivity contribution in [2.45, 2.75) is 44.2 Å². The number of piperazine rings is 1. The van der Waals surface area contributed by atoms with E-state index in [0.29, 0.717) is 24.4 Å². The molecule has 2 amide bonds. The number of amides is 2. The molecule has 0 aromatic heterocycles. The first-order chi connectivity index (χ1) is 9.69. The standard InChI is InChI=1S/C15H23N3O2/c19-13-7-16-12(6-17-13)15(20)18-14-10-2-8-1-9(4-10)5-11(14)3-8/h8-12,14,16H,1-7H2,(H,17,19)(H,18,20). The van der Waals surface area contributed by atoms with Crippen LogP contribution >= 0.6 is 0 Å². The van der Waals surface area contributed by atoms with Crippen LogP contribution in [0.1, 0.15) is 32.1 Å². The van der Waals surface area contributed by atoms with Crippen LogP contribution in [0.25, 0.3) is 0 Å². The second-order valence-electron chi connectivity index (χ2n) is 7.20. The van der Waals surface area contributed by atoms with Crippen molar-refractivity contribution >= 4 is 11.8 Å². The van der Waals surface area contributed by atoms with E-state index in [0.717, 1.165) is 11.8 Å². The highest BCUT2D eigenvalue weighted by Gasteiger charge is 2.48. The van der Waals surface area contributed by atoms with Crippen LogP contribution in [0.15, 0.2) is 0 Å². The first-order valence-electron chi connectivity index (χ1n) is 7.99. The van der Waals surface area contributed by atoms with Crippen molar-refractivity contribution in [2.75, 3.05) is 13.1 Å². The van der Waals surface area contributed by atoms with E-state index in [2.05, 4.69) is 16.0 Å². The molecular weight excluding hydrogens is 254 g/mol. The van der Waals surface area contributed by atoms with Gasteiger partial charge in [0, 0.05) is 12.6 Å². The molecule has 110 valence electrons. The van der Waals surface area contributed by atoms with E-state index >= 15 is 0 Å². The number of nitrogens with one attached hydrogen (secondary N) is 3. The van der Waals surface area contributed by atoms with E-state index in [9.17, 15) is 9.59 Å². The molecule has 1 heterocycles. The Balaban J connectivity index is 1.39. The first kappa shape index (κ1) is 12.6. The Morgan fingerprint density at radius 2 is 1.70 bits per heavy atom. The highest BCUT2D eigenvalue weighted by atomic mass is 16.2. The van der Waals surface area contributed by atoms with Gasteiger partial charge in [0.05, 0.1) is 6.54 Å². The average Bonchev–Trinajstić information content (AvgIpc) is 2.42. The molecule has 5 aliphatic rings. The monoisotopic (exact) mass is 277 g/mol. The Hall–Kier alpha value is -1.10. The van der Waals surface area contributed by atoms with Crippen molar-refractivity contribution in [3.63, 3.8) is 0 Å². The van der Waals surface area contributed by atoms with Crippen LogP contribution in [0.4, 0.5) is 0 Å². The molecule has 1 atom stereocenters. The molecule has 20 heavy (non-hydrogen) atoms. The lowest BCUT2D eigenvalue weighted by molar-refractivity contribution is -0.129. The van der Waals surface area contributed by atoms with Crippen LogP contribution in [0.5, 0.6) is 0 Å². The van der Waals surface area contributed by atoms with Crippen LogP contribution in [-0.4, -0.2) is 37.0 Å². The Bertz CT molecular complexity index is 399. The summed E-state index contributed by atoms with van der Waals surface area (Å²) in [6.07, 6.45) is 6.68. The minimum Gasteiger partial charge on any atom is -0.353 e. The van der Waals surface area contributed by atoms with Crippen LogP contribution in [0.2, 0.25) is 0 Å². The minimum atomic E-state index is -0.259. The van der Waals surface area contributed by atoms with Crippen molar-refractivity contribution in [1.82, 2.24) is 16.0 Å². The molecule has 0 spiro atoms. The van der Waals surface area contributed by atoms with Gasteiger partial charge in [-0.15, -0.1) is 0 Å². The number of carbonyl (C=O) groups excluding carboxylic acids is 2. The molecule has 4 bridgehead atoms. The van der Waals surface area contributed by atoms with Crippen LogP contribution in [0, 0.1) is 23.7 Å². The Kier molecular flexibility index (Phi) is 2.98. The highest BCUT2D eigenvalue weighted by Crippen LogP contribution is 2.53. The van der Waals surface area contributed by atoms with Gasteiger partial charge >= 0.3 is 0 Å². The van der Waals surface area contributed by atoms with Gasteiger partial charge in [-0.2, -0.15) is 0 Å². The van der Waals surface area contributed by atoms with Gasteiger partial charge in [0.2, 0.25) is 11.8 Å². The van der Waals surface area contributed by atoms with Crippen molar-refractivity contribution in [2.24, 2.45) is 23.7 Å². The summed E-state index contributed by atoms with van der Waals surface area (Å²) in [6.45, 7) is 0.664. The molecule has 5 nitrogen and oxygen atoms in total. The summed E-state index contributed by atoms with van der Waals surface area (Å²) < 4.78 is 0. The minimum absolute atomic E-state index is 0.0244. The van der Waals surface area contributed by atoms with Gasteiger partial charge in [-0.1, -0.05) is 0 Å². The summed E-state index contributed by atoms with van der Waals surface area (Å²) in [5.41, 5.74) is 0. The lowest BCUT2D eigenvalue weighted by Gasteiger charge is -2.54. The van der Waals surface area contributed by atoms with Crippen LogP contribution in [0.3, 0.4) is 0 Å². The zero-order chi connectivity index (χ0) is 13.7. The smallest absolute Gasteiger partial charge is 0.239 e. The lowest BCUT2D eigenvalue weighted by atomic mass is 9.54. The molecule has 5 fully saturated rings. The second kappa shape index (κ2) is 4.72. The molecule has 0 aromatic rings. The predicted molar refractivity (Wildman–Crippen MR) is 73.8 cm³/mol. The normalized spacial score (nSPS) is 46.1. The number of carbonyl (C=O) groups is 2. The first-order valence-corrected chi connectivity index (χ1v) is 7.99. The van der Waals surface area contributed by atoms with Crippen molar-refractivity contribution < 1.29 is 9.59 Å². The van der Waals surface area contributed by atoms with Gasteiger partial charge in [-0.3, -0.25) is 14.9 Å². The summed E-state index contributed by atoms with van der Waals surface area (Å²) >= 11 is 0. The van der Waals surface area contributed by atoms with Gasteiger partial charge in [-0.25, -0.2) is 0 Å². The molecular formula is C15H23N3O2. The Labute approximate surface area is 119 Å². The summed E-state index contributed by atoms with van der Waals surface area (Å²) in [5.74, 6) is 3.31. The molecule has 1 aliphatic heterocycles. The maximum absolute atomic E-state index is 12.4. The number of hydrogen-bond donors (Lipinski definition) is 3. The Morgan fingerprint density at radius 3 is 2.25 bits per heavy atom. The molecule has 5 heteroatoms. The van der Waals surface area contributed by atoms with E-state index in [4.69, 9.17) is 0 Å². The summed E-state index contributed by atoms with van der Waals surface area (Å²) in [5, 5.41) is 9.06. The molecule has 1 unspecified atom stereocenters. The summed E-state index contributed by atoms with van der Waals surface area (Å²) in [6, 6.07) is 0.125. The fourth-order valence-electron chi connectivity index (χ4n) is 5.18. The predicted octanol–water partition coefficient (Wildman–Crippen LogP) is 0.0153. The Morgan fingerprint density at radius 1 is 1.05 bits per heavy atom. The van der Waals surface area contributed by atoms with E-state index in [-0.39, 0.29) is 24.4 Å². The third kappa shape index (κ3) is 2.12. The van der Waals surface area contributed by atoms with E-state index in [1.54, 1.807) is 0 Å². The van der Waals surface area contributed by atoms with Crippen molar-refractivity contribution in [3.8, 4) is 0 Å². The summed E-state index contributed by atoms with van der Waals surface area (Å²) in [4.78, 5) is 23.5.